The lowest BCUT2D eigenvalue weighted by atomic mass is 10.1. The monoisotopic (exact) mass is 398 g/mol. The van der Waals surface area contributed by atoms with Crippen molar-refractivity contribution >= 4 is 23.5 Å². The Hall–Kier alpha value is -3.43. The van der Waals surface area contributed by atoms with E-state index in [-0.39, 0.29) is 5.56 Å². The molecule has 0 aliphatic carbocycles. The fourth-order valence-electron chi connectivity index (χ4n) is 1.98. The molecule has 28 heavy (non-hydrogen) atoms. The summed E-state index contributed by atoms with van der Waals surface area (Å²) in [6, 6.07) is 5.09. The molecule has 0 spiro atoms. The minimum Gasteiger partial charge on any atom is -0.452 e. The lowest BCUT2D eigenvalue weighted by Gasteiger charge is -2.09. The van der Waals surface area contributed by atoms with Gasteiger partial charge in [0.25, 0.3) is 5.91 Å². The van der Waals surface area contributed by atoms with Crippen LogP contribution in [0.4, 0.5) is 23.2 Å². The van der Waals surface area contributed by atoms with Crippen LogP contribution in [-0.2, 0) is 14.3 Å². The Morgan fingerprint density at radius 3 is 2.32 bits per heavy atom. The van der Waals surface area contributed by atoms with Gasteiger partial charge < -0.3 is 15.4 Å². The van der Waals surface area contributed by atoms with Gasteiger partial charge in [0.15, 0.2) is 24.1 Å². The van der Waals surface area contributed by atoms with E-state index in [0.717, 1.165) is 12.1 Å². The Kier molecular flexibility index (Phi) is 6.69. The zero-order valence-electron chi connectivity index (χ0n) is 14.4. The number of hydrogen-bond donors (Lipinski definition) is 2. The van der Waals surface area contributed by atoms with Crippen molar-refractivity contribution < 1.29 is 36.7 Å². The van der Waals surface area contributed by atoms with Crippen molar-refractivity contribution in [2.24, 2.45) is 0 Å². The summed E-state index contributed by atoms with van der Waals surface area (Å²) < 4.78 is 57.4. The summed E-state index contributed by atoms with van der Waals surface area (Å²) in [5, 5.41) is 4.03. The van der Waals surface area contributed by atoms with Gasteiger partial charge in [-0.2, -0.15) is 0 Å². The number of nitrogens with one attached hydrogen (secondary N) is 2. The highest BCUT2D eigenvalue weighted by molar-refractivity contribution is 5.95. The predicted octanol–water partition coefficient (Wildman–Crippen LogP) is 2.46. The van der Waals surface area contributed by atoms with E-state index < -0.39 is 59.9 Å². The molecule has 0 aromatic heterocycles. The zero-order chi connectivity index (χ0) is 20.8. The second-order valence-corrected chi connectivity index (χ2v) is 5.59. The molecular formula is C18H14F4N2O4. The maximum atomic E-state index is 13.4. The van der Waals surface area contributed by atoms with E-state index in [1.165, 1.54) is 19.1 Å². The minimum atomic E-state index is -1.75. The molecule has 2 amide bonds. The zero-order valence-corrected chi connectivity index (χ0v) is 14.4. The Labute approximate surface area is 156 Å². The molecule has 0 aliphatic rings. The van der Waals surface area contributed by atoms with Gasteiger partial charge in [-0.05, 0) is 36.8 Å². The molecule has 2 aromatic rings. The lowest BCUT2D eigenvalue weighted by molar-refractivity contribution is -0.126. The minimum absolute atomic E-state index is 0.0949. The first-order valence-electron chi connectivity index (χ1n) is 7.82. The molecule has 2 rings (SSSR count). The first kappa shape index (κ1) is 20.9. The number of benzene rings is 2. The van der Waals surface area contributed by atoms with Crippen molar-refractivity contribution in [3.05, 3.63) is 64.7 Å². The molecule has 0 bridgehead atoms. The largest absolute Gasteiger partial charge is 0.452 e. The molecule has 0 saturated carbocycles. The van der Waals surface area contributed by atoms with Crippen LogP contribution in [0, 0.1) is 30.2 Å². The lowest BCUT2D eigenvalue weighted by Crippen LogP contribution is -2.35. The van der Waals surface area contributed by atoms with Gasteiger partial charge in [-0.25, -0.2) is 22.4 Å². The molecule has 10 heteroatoms. The van der Waals surface area contributed by atoms with Crippen molar-refractivity contribution in [3.63, 3.8) is 0 Å². The number of halogens is 4. The summed E-state index contributed by atoms with van der Waals surface area (Å²) >= 11 is 0. The van der Waals surface area contributed by atoms with E-state index in [2.05, 4.69) is 10.1 Å². The van der Waals surface area contributed by atoms with Gasteiger partial charge in [-0.1, -0.05) is 6.07 Å². The van der Waals surface area contributed by atoms with Crippen molar-refractivity contribution in [1.82, 2.24) is 5.32 Å². The molecule has 0 aliphatic heterocycles. The van der Waals surface area contributed by atoms with E-state index >= 15 is 0 Å². The molecule has 2 N–H and O–H groups in total. The van der Waals surface area contributed by atoms with Crippen molar-refractivity contribution in [2.45, 2.75) is 6.92 Å². The molecule has 148 valence electrons. The van der Waals surface area contributed by atoms with Crippen molar-refractivity contribution in [1.29, 1.82) is 0 Å². The summed E-state index contributed by atoms with van der Waals surface area (Å²) in [5.41, 5.74) is -0.369. The van der Waals surface area contributed by atoms with Crippen LogP contribution in [-0.4, -0.2) is 30.9 Å². The van der Waals surface area contributed by atoms with Crippen LogP contribution in [0.2, 0.25) is 0 Å². The fourth-order valence-corrected chi connectivity index (χ4v) is 1.98. The van der Waals surface area contributed by atoms with Crippen LogP contribution in [0.15, 0.2) is 30.3 Å². The van der Waals surface area contributed by atoms with Crippen LogP contribution in [0.25, 0.3) is 0 Å². The maximum Gasteiger partial charge on any atom is 0.338 e. The highest BCUT2D eigenvalue weighted by atomic mass is 19.2. The molecule has 0 atom stereocenters. The summed E-state index contributed by atoms with van der Waals surface area (Å²) in [6.07, 6.45) is 0. The summed E-state index contributed by atoms with van der Waals surface area (Å²) in [5.74, 6) is -8.09. The molecular weight excluding hydrogens is 384 g/mol. The van der Waals surface area contributed by atoms with Crippen molar-refractivity contribution in [2.75, 3.05) is 18.5 Å². The quantitative estimate of drug-likeness (QED) is 0.445. The van der Waals surface area contributed by atoms with Gasteiger partial charge in [0.1, 0.15) is 5.82 Å². The molecule has 0 unspecified atom stereocenters. The standard InChI is InChI=1S/C18H14F4N2O4/c1-9-2-3-10(6-12(9)20)18(27)28-8-15(26)23-7-14(25)24-13-5-4-11(19)16(21)17(13)22/h2-6H,7-8H2,1H3,(H,23,26)(H,24,25). The van der Waals surface area contributed by atoms with Crippen LogP contribution < -0.4 is 10.6 Å². The maximum absolute atomic E-state index is 13.4. The number of carbonyl (C=O) groups excluding carboxylic acids is 3. The first-order valence-corrected chi connectivity index (χ1v) is 7.82. The summed E-state index contributed by atoms with van der Waals surface area (Å²) in [7, 11) is 0. The normalized spacial score (nSPS) is 10.3. The molecule has 0 heterocycles. The smallest absolute Gasteiger partial charge is 0.338 e. The van der Waals surface area contributed by atoms with E-state index in [1.54, 1.807) is 0 Å². The van der Waals surface area contributed by atoms with E-state index in [0.29, 0.717) is 11.6 Å². The SMILES string of the molecule is Cc1ccc(C(=O)OCC(=O)NCC(=O)Nc2ccc(F)c(F)c2F)cc1F. The van der Waals surface area contributed by atoms with Gasteiger partial charge in [0.05, 0.1) is 17.8 Å². The molecule has 6 nitrogen and oxygen atoms in total. The van der Waals surface area contributed by atoms with Gasteiger partial charge in [-0.3, -0.25) is 9.59 Å². The highest BCUT2D eigenvalue weighted by Gasteiger charge is 2.16. The Balaban J connectivity index is 1.80. The number of carbonyl (C=O) groups is 3. The molecule has 0 fully saturated rings. The second-order valence-electron chi connectivity index (χ2n) is 5.59. The predicted molar refractivity (Wildman–Crippen MR) is 89.4 cm³/mol. The van der Waals surface area contributed by atoms with Gasteiger partial charge in [-0.15, -0.1) is 0 Å². The number of anilines is 1. The third kappa shape index (κ3) is 5.29. The highest BCUT2D eigenvalue weighted by Crippen LogP contribution is 2.19. The van der Waals surface area contributed by atoms with Crippen molar-refractivity contribution in [3.8, 4) is 0 Å². The number of amides is 2. The third-order valence-corrected chi connectivity index (χ3v) is 3.50. The van der Waals surface area contributed by atoms with E-state index in [1.807, 2.05) is 5.32 Å². The van der Waals surface area contributed by atoms with Crippen LogP contribution in [0.3, 0.4) is 0 Å². The van der Waals surface area contributed by atoms with Gasteiger partial charge in [0, 0.05) is 0 Å². The van der Waals surface area contributed by atoms with Gasteiger partial charge >= 0.3 is 5.97 Å². The third-order valence-electron chi connectivity index (χ3n) is 3.50. The molecule has 2 aromatic carbocycles. The Morgan fingerprint density at radius 1 is 0.929 bits per heavy atom. The number of rotatable bonds is 6. The summed E-state index contributed by atoms with van der Waals surface area (Å²) in [4.78, 5) is 35.0. The Morgan fingerprint density at radius 2 is 1.64 bits per heavy atom. The summed E-state index contributed by atoms with van der Waals surface area (Å²) in [6.45, 7) is 0.115. The fraction of sp³-hybridized carbons (Fsp3) is 0.167. The molecule has 0 saturated heterocycles. The number of esters is 1. The Bertz CT molecular complexity index is 934. The number of aryl methyl sites for hydroxylation is 1. The number of ether oxygens (including phenoxy) is 1. The van der Waals surface area contributed by atoms with E-state index in [4.69, 9.17) is 0 Å². The van der Waals surface area contributed by atoms with E-state index in [9.17, 15) is 31.9 Å². The van der Waals surface area contributed by atoms with Crippen LogP contribution in [0.1, 0.15) is 15.9 Å². The first-order chi connectivity index (χ1) is 13.2. The van der Waals surface area contributed by atoms with Crippen LogP contribution in [0.5, 0.6) is 0 Å². The average Bonchev–Trinajstić information content (AvgIpc) is 2.67. The average molecular weight is 398 g/mol. The second kappa shape index (κ2) is 8.98. The topological polar surface area (TPSA) is 84.5 Å². The molecule has 0 radical (unpaired) electrons. The number of hydrogen-bond acceptors (Lipinski definition) is 4. The van der Waals surface area contributed by atoms with Crippen LogP contribution >= 0.6 is 0 Å². The van der Waals surface area contributed by atoms with Gasteiger partial charge in [0.2, 0.25) is 5.91 Å².